The summed E-state index contributed by atoms with van der Waals surface area (Å²) in [5.41, 5.74) is 0. The van der Waals surface area contributed by atoms with Crippen LogP contribution in [0.2, 0.25) is 0 Å². The summed E-state index contributed by atoms with van der Waals surface area (Å²) >= 11 is 0. The molecule has 0 bridgehead atoms. The van der Waals surface area contributed by atoms with Crippen LogP contribution in [0.3, 0.4) is 0 Å². The molecule has 3 heteroatoms. The molecule has 1 heterocycles. The largest absolute Gasteiger partial charge is 0.307 e. The van der Waals surface area contributed by atoms with E-state index in [0.717, 1.165) is 32.6 Å². The summed E-state index contributed by atoms with van der Waals surface area (Å²) < 4.78 is 12.8. The molecule has 1 N–H and O–H groups in total. The van der Waals surface area contributed by atoms with Gasteiger partial charge in [0.15, 0.2) is 0 Å². The van der Waals surface area contributed by atoms with E-state index in [-0.39, 0.29) is 0 Å². The van der Waals surface area contributed by atoms with Gasteiger partial charge in [0.05, 0.1) is 0 Å². The van der Waals surface area contributed by atoms with Crippen molar-refractivity contribution >= 4 is 0 Å². The molecule has 2 nitrogen and oxygen atoms in total. The molecule has 1 aliphatic rings. The maximum absolute atomic E-state index is 12.8. The van der Waals surface area contributed by atoms with Crippen molar-refractivity contribution in [3.8, 4) is 0 Å². The summed E-state index contributed by atoms with van der Waals surface area (Å²) in [7, 11) is 1.93. The van der Waals surface area contributed by atoms with E-state index in [1.54, 1.807) is 0 Å². The Bertz CT molecular complexity index is 108. The van der Waals surface area contributed by atoms with E-state index in [0.29, 0.717) is 6.42 Å². The summed E-state index contributed by atoms with van der Waals surface area (Å²) in [5.74, 6) is 0. The third kappa shape index (κ3) is 3.16. The lowest BCUT2D eigenvalue weighted by Gasteiger charge is -2.18. The van der Waals surface area contributed by atoms with E-state index < -0.39 is 6.17 Å². The first-order chi connectivity index (χ1) is 5.33. The van der Waals surface area contributed by atoms with Gasteiger partial charge in [0.1, 0.15) is 6.17 Å². The molecule has 1 atom stereocenters. The second-order valence-electron chi connectivity index (χ2n) is 3.16. The van der Waals surface area contributed by atoms with Crippen molar-refractivity contribution in [1.82, 2.24) is 10.2 Å². The zero-order valence-corrected chi connectivity index (χ0v) is 7.15. The fraction of sp³-hybridized carbons (Fsp3) is 1.00. The van der Waals surface area contributed by atoms with Crippen LogP contribution in [0.1, 0.15) is 19.3 Å². The van der Waals surface area contributed by atoms with Crippen molar-refractivity contribution in [2.45, 2.75) is 25.4 Å². The maximum atomic E-state index is 12.8. The molecule has 0 aromatic heterocycles. The zero-order valence-electron chi connectivity index (χ0n) is 7.15. The number of hydrogen-bond acceptors (Lipinski definition) is 2. The predicted octanol–water partition coefficient (Wildman–Crippen LogP) is 0.987. The second-order valence-corrected chi connectivity index (χ2v) is 3.16. The first kappa shape index (κ1) is 8.94. The average Bonchev–Trinajstić information content (AvgIpc) is 2.17. The Morgan fingerprint density at radius 3 is 3.00 bits per heavy atom. The summed E-state index contributed by atoms with van der Waals surface area (Å²) in [5, 5.41) is 3.08. The molecule has 1 fully saturated rings. The number of halogens is 1. The molecule has 1 unspecified atom stereocenters. The highest BCUT2D eigenvalue weighted by molar-refractivity contribution is 4.67. The van der Waals surface area contributed by atoms with Crippen LogP contribution < -0.4 is 5.32 Å². The van der Waals surface area contributed by atoms with Gasteiger partial charge in [-0.1, -0.05) is 0 Å². The van der Waals surface area contributed by atoms with E-state index in [4.69, 9.17) is 0 Å². The molecule has 0 spiro atoms. The van der Waals surface area contributed by atoms with Gasteiger partial charge < -0.3 is 5.32 Å². The summed E-state index contributed by atoms with van der Waals surface area (Å²) in [6.07, 6.45) is 1.90. The quantitative estimate of drug-likeness (QED) is 0.648. The van der Waals surface area contributed by atoms with Crippen LogP contribution in [0.5, 0.6) is 0 Å². The molecule has 0 aromatic rings. The Balaban J connectivity index is 2.22. The molecule has 0 radical (unpaired) electrons. The number of likely N-dealkylation sites (tertiary alicyclic amines) is 1. The lowest BCUT2D eigenvalue weighted by molar-refractivity contribution is 0.254. The normalized spacial score (nSPS) is 28.4. The molecular formula is C8H17FN2. The molecule has 0 aliphatic carbocycles. The lowest BCUT2D eigenvalue weighted by atomic mass is 10.2. The molecule has 0 aromatic carbocycles. The minimum absolute atomic E-state index is 0.558. The Kier molecular flexibility index (Phi) is 3.80. The maximum Gasteiger partial charge on any atom is 0.101 e. The molecular weight excluding hydrogens is 143 g/mol. The summed E-state index contributed by atoms with van der Waals surface area (Å²) in [6.45, 7) is 2.84. The molecule has 1 rings (SSSR count). The van der Waals surface area contributed by atoms with E-state index in [9.17, 15) is 4.39 Å². The van der Waals surface area contributed by atoms with Gasteiger partial charge in [-0.3, -0.25) is 4.90 Å². The molecule has 0 saturated carbocycles. The Morgan fingerprint density at radius 1 is 1.45 bits per heavy atom. The van der Waals surface area contributed by atoms with Crippen LogP contribution in [-0.4, -0.2) is 37.9 Å². The fourth-order valence-corrected chi connectivity index (χ4v) is 1.50. The monoisotopic (exact) mass is 160 g/mol. The van der Waals surface area contributed by atoms with Gasteiger partial charge in [0, 0.05) is 13.2 Å². The minimum atomic E-state index is -0.558. The van der Waals surface area contributed by atoms with Gasteiger partial charge in [0.25, 0.3) is 0 Å². The van der Waals surface area contributed by atoms with Gasteiger partial charge in [-0.25, -0.2) is 4.39 Å². The topological polar surface area (TPSA) is 15.3 Å². The zero-order chi connectivity index (χ0) is 8.10. The number of hydrogen-bond donors (Lipinski definition) is 1. The Hall–Kier alpha value is -0.150. The molecule has 0 amide bonds. The van der Waals surface area contributed by atoms with Gasteiger partial charge >= 0.3 is 0 Å². The fourth-order valence-electron chi connectivity index (χ4n) is 1.50. The first-order valence-electron chi connectivity index (χ1n) is 4.34. The smallest absolute Gasteiger partial charge is 0.101 e. The van der Waals surface area contributed by atoms with Crippen molar-refractivity contribution in [2.24, 2.45) is 0 Å². The number of rotatable bonds is 2. The van der Waals surface area contributed by atoms with Crippen molar-refractivity contribution in [2.75, 3.05) is 26.8 Å². The van der Waals surface area contributed by atoms with Crippen LogP contribution in [0.25, 0.3) is 0 Å². The first-order valence-corrected chi connectivity index (χ1v) is 4.34. The number of nitrogens with zero attached hydrogens (tertiary/aromatic N) is 1. The third-order valence-corrected chi connectivity index (χ3v) is 2.13. The minimum Gasteiger partial charge on any atom is -0.307 e. The van der Waals surface area contributed by atoms with E-state index in [1.165, 1.54) is 0 Å². The highest BCUT2D eigenvalue weighted by atomic mass is 19.1. The third-order valence-electron chi connectivity index (χ3n) is 2.13. The van der Waals surface area contributed by atoms with Gasteiger partial charge in [-0.15, -0.1) is 0 Å². The summed E-state index contributed by atoms with van der Waals surface area (Å²) in [4.78, 5) is 2.26. The van der Waals surface area contributed by atoms with Gasteiger partial charge in [-0.2, -0.15) is 0 Å². The Labute approximate surface area is 67.8 Å². The molecule has 1 saturated heterocycles. The van der Waals surface area contributed by atoms with E-state index in [1.807, 2.05) is 7.05 Å². The van der Waals surface area contributed by atoms with Crippen molar-refractivity contribution in [3.05, 3.63) is 0 Å². The SMILES string of the molecule is CNCN1CCCC(F)CC1. The molecule has 1 aliphatic heterocycles. The molecule has 66 valence electrons. The predicted molar refractivity (Wildman–Crippen MR) is 44.2 cm³/mol. The van der Waals surface area contributed by atoms with E-state index in [2.05, 4.69) is 10.2 Å². The highest BCUT2D eigenvalue weighted by Crippen LogP contribution is 2.12. The number of alkyl halides is 1. The van der Waals surface area contributed by atoms with Crippen LogP contribution in [0.4, 0.5) is 4.39 Å². The average molecular weight is 160 g/mol. The van der Waals surface area contributed by atoms with Crippen molar-refractivity contribution < 1.29 is 4.39 Å². The van der Waals surface area contributed by atoms with E-state index >= 15 is 0 Å². The number of nitrogens with one attached hydrogen (secondary N) is 1. The Morgan fingerprint density at radius 2 is 2.27 bits per heavy atom. The van der Waals surface area contributed by atoms with Crippen LogP contribution >= 0.6 is 0 Å². The lowest BCUT2D eigenvalue weighted by Crippen LogP contribution is -2.33. The van der Waals surface area contributed by atoms with Gasteiger partial charge in [-0.05, 0) is 32.9 Å². The standard InChI is InChI=1S/C8H17FN2/c1-10-7-11-5-2-3-8(9)4-6-11/h8,10H,2-7H2,1H3. The van der Waals surface area contributed by atoms with Crippen LogP contribution in [0, 0.1) is 0 Å². The van der Waals surface area contributed by atoms with Crippen molar-refractivity contribution in [1.29, 1.82) is 0 Å². The summed E-state index contributed by atoms with van der Waals surface area (Å²) in [6, 6.07) is 0. The van der Waals surface area contributed by atoms with Gasteiger partial charge in [0.2, 0.25) is 0 Å². The second kappa shape index (κ2) is 4.67. The van der Waals surface area contributed by atoms with Crippen LogP contribution in [0.15, 0.2) is 0 Å². The molecule has 11 heavy (non-hydrogen) atoms. The van der Waals surface area contributed by atoms with Crippen LogP contribution in [-0.2, 0) is 0 Å². The van der Waals surface area contributed by atoms with Crippen molar-refractivity contribution in [3.63, 3.8) is 0 Å². The highest BCUT2D eigenvalue weighted by Gasteiger charge is 2.14.